The van der Waals surface area contributed by atoms with Crippen LogP contribution in [0.3, 0.4) is 0 Å². The van der Waals surface area contributed by atoms with Crippen LogP contribution in [0, 0.1) is 0 Å². The standard InChI is InChI=1S/C23H30N2O2/c1-24(2)23(19-21-11-7-4-8-12-21,14-13-20-9-5-3-6-10-20)22(26)25-15-17-27-18-16-25/h3-12H,13-19H2,1-2H3. The highest BCUT2D eigenvalue weighted by Crippen LogP contribution is 2.28. The molecule has 0 saturated carbocycles. The van der Waals surface area contributed by atoms with E-state index < -0.39 is 5.54 Å². The molecule has 1 aliphatic heterocycles. The summed E-state index contributed by atoms with van der Waals surface area (Å²) in [6.07, 6.45) is 2.38. The average Bonchev–Trinajstić information content (AvgIpc) is 2.72. The second-order valence-electron chi connectivity index (χ2n) is 7.48. The summed E-state index contributed by atoms with van der Waals surface area (Å²) >= 11 is 0. The molecule has 2 aromatic rings. The van der Waals surface area contributed by atoms with Gasteiger partial charge >= 0.3 is 0 Å². The van der Waals surface area contributed by atoms with Gasteiger partial charge in [-0.2, -0.15) is 0 Å². The molecule has 3 rings (SSSR count). The molecule has 144 valence electrons. The summed E-state index contributed by atoms with van der Waals surface area (Å²) in [5.74, 6) is 0.218. The van der Waals surface area contributed by atoms with Crippen LogP contribution in [0.2, 0.25) is 0 Å². The lowest BCUT2D eigenvalue weighted by molar-refractivity contribution is -0.148. The summed E-state index contributed by atoms with van der Waals surface area (Å²) in [4.78, 5) is 17.8. The average molecular weight is 367 g/mol. The highest BCUT2D eigenvalue weighted by Gasteiger charge is 2.43. The quantitative estimate of drug-likeness (QED) is 0.755. The first-order valence-corrected chi connectivity index (χ1v) is 9.74. The number of carbonyl (C=O) groups excluding carboxylic acids is 1. The highest BCUT2D eigenvalue weighted by atomic mass is 16.5. The molecule has 1 saturated heterocycles. The van der Waals surface area contributed by atoms with E-state index in [9.17, 15) is 4.79 Å². The summed E-state index contributed by atoms with van der Waals surface area (Å²) in [6, 6.07) is 20.8. The highest BCUT2D eigenvalue weighted by molar-refractivity contribution is 5.87. The summed E-state index contributed by atoms with van der Waals surface area (Å²) in [6.45, 7) is 2.60. The van der Waals surface area contributed by atoms with E-state index in [1.54, 1.807) is 0 Å². The number of ether oxygens (including phenoxy) is 1. The summed E-state index contributed by atoms with van der Waals surface area (Å²) in [7, 11) is 4.07. The minimum atomic E-state index is -0.561. The molecule has 1 unspecified atom stereocenters. The molecule has 0 bridgehead atoms. The van der Waals surface area contributed by atoms with E-state index in [1.807, 2.05) is 43.3 Å². The van der Waals surface area contributed by atoms with Gasteiger partial charge in [0, 0.05) is 13.1 Å². The van der Waals surface area contributed by atoms with Crippen molar-refractivity contribution in [3.05, 3.63) is 71.8 Å². The van der Waals surface area contributed by atoms with Crippen LogP contribution in [0.5, 0.6) is 0 Å². The van der Waals surface area contributed by atoms with Crippen molar-refractivity contribution in [3.8, 4) is 0 Å². The Morgan fingerprint density at radius 3 is 2.07 bits per heavy atom. The molecular weight excluding hydrogens is 336 g/mol. The van der Waals surface area contributed by atoms with Gasteiger partial charge in [0.15, 0.2) is 0 Å². The third-order valence-corrected chi connectivity index (χ3v) is 5.56. The van der Waals surface area contributed by atoms with E-state index in [2.05, 4.69) is 41.3 Å². The Balaban J connectivity index is 1.89. The van der Waals surface area contributed by atoms with Crippen LogP contribution >= 0.6 is 0 Å². The van der Waals surface area contributed by atoms with Gasteiger partial charge in [0.1, 0.15) is 5.54 Å². The molecule has 0 aromatic heterocycles. The van der Waals surface area contributed by atoms with E-state index >= 15 is 0 Å². The molecule has 1 heterocycles. The van der Waals surface area contributed by atoms with Gasteiger partial charge in [0.25, 0.3) is 0 Å². The molecular formula is C23H30N2O2. The normalized spacial score (nSPS) is 16.9. The van der Waals surface area contributed by atoms with Crippen LogP contribution in [-0.4, -0.2) is 61.6 Å². The van der Waals surface area contributed by atoms with Crippen molar-refractivity contribution < 1.29 is 9.53 Å². The topological polar surface area (TPSA) is 32.8 Å². The van der Waals surface area contributed by atoms with Crippen LogP contribution in [0.25, 0.3) is 0 Å². The second-order valence-corrected chi connectivity index (χ2v) is 7.48. The van der Waals surface area contributed by atoms with Gasteiger partial charge in [-0.25, -0.2) is 0 Å². The van der Waals surface area contributed by atoms with Crippen molar-refractivity contribution in [2.24, 2.45) is 0 Å². The predicted octanol–water partition coefficient (Wildman–Crippen LogP) is 3.02. The van der Waals surface area contributed by atoms with Gasteiger partial charge in [-0.15, -0.1) is 0 Å². The van der Waals surface area contributed by atoms with Gasteiger partial charge in [-0.3, -0.25) is 9.69 Å². The first-order chi connectivity index (χ1) is 13.1. The lowest BCUT2D eigenvalue weighted by Crippen LogP contribution is -2.60. The fourth-order valence-corrected chi connectivity index (χ4v) is 3.83. The van der Waals surface area contributed by atoms with E-state index in [4.69, 9.17) is 4.74 Å². The Kier molecular flexibility index (Phi) is 6.64. The van der Waals surface area contributed by atoms with Crippen LogP contribution in [0.1, 0.15) is 17.5 Å². The van der Waals surface area contributed by atoms with E-state index in [-0.39, 0.29) is 5.91 Å². The first kappa shape index (κ1) is 19.6. The number of morpholine rings is 1. The fourth-order valence-electron chi connectivity index (χ4n) is 3.83. The van der Waals surface area contributed by atoms with Gasteiger partial charge in [-0.05, 0) is 44.5 Å². The molecule has 1 fully saturated rings. The van der Waals surface area contributed by atoms with Gasteiger partial charge in [-0.1, -0.05) is 60.7 Å². The van der Waals surface area contributed by atoms with Crippen molar-refractivity contribution >= 4 is 5.91 Å². The first-order valence-electron chi connectivity index (χ1n) is 9.74. The zero-order chi connectivity index (χ0) is 19.1. The third kappa shape index (κ3) is 4.76. The number of hydrogen-bond acceptors (Lipinski definition) is 3. The Morgan fingerprint density at radius 1 is 0.963 bits per heavy atom. The molecule has 4 heteroatoms. The van der Waals surface area contributed by atoms with E-state index in [0.29, 0.717) is 32.7 Å². The minimum absolute atomic E-state index is 0.218. The lowest BCUT2D eigenvalue weighted by Gasteiger charge is -2.43. The summed E-state index contributed by atoms with van der Waals surface area (Å²) in [5.41, 5.74) is 1.90. The number of nitrogens with zero attached hydrogens (tertiary/aromatic N) is 2. The Bertz CT molecular complexity index is 712. The Labute approximate surface area is 162 Å². The van der Waals surface area contributed by atoms with Crippen molar-refractivity contribution in [2.45, 2.75) is 24.8 Å². The van der Waals surface area contributed by atoms with Gasteiger partial charge in [0.2, 0.25) is 5.91 Å². The van der Waals surface area contributed by atoms with Gasteiger partial charge < -0.3 is 9.64 Å². The molecule has 1 atom stereocenters. The molecule has 1 amide bonds. The van der Waals surface area contributed by atoms with Gasteiger partial charge in [0.05, 0.1) is 13.2 Å². The van der Waals surface area contributed by atoms with Crippen molar-refractivity contribution in [3.63, 3.8) is 0 Å². The lowest BCUT2D eigenvalue weighted by atomic mass is 9.82. The molecule has 4 nitrogen and oxygen atoms in total. The van der Waals surface area contributed by atoms with Crippen LogP contribution < -0.4 is 0 Å². The zero-order valence-corrected chi connectivity index (χ0v) is 16.4. The summed E-state index contributed by atoms with van der Waals surface area (Å²) in [5, 5.41) is 0. The summed E-state index contributed by atoms with van der Waals surface area (Å²) < 4.78 is 5.46. The maximum atomic E-state index is 13.7. The number of aryl methyl sites for hydroxylation is 1. The molecule has 0 radical (unpaired) electrons. The van der Waals surface area contributed by atoms with Crippen molar-refractivity contribution in [2.75, 3.05) is 40.4 Å². The minimum Gasteiger partial charge on any atom is -0.378 e. The molecule has 0 N–H and O–H groups in total. The van der Waals surface area contributed by atoms with Crippen molar-refractivity contribution in [1.29, 1.82) is 0 Å². The molecule has 0 spiro atoms. The SMILES string of the molecule is CN(C)C(CCc1ccccc1)(Cc1ccccc1)C(=O)N1CCOCC1. The molecule has 2 aromatic carbocycles. The second kappa shape index (κ2) is 9.16. The maximum absolute atomic E-state index is 13.7. The van der Waals surface area contributed by atoms with Crippen molar-refractivity contribution in [1.82, 2.24) is 9.80 Å². The molecule has 0 aliphatic carbocycles. The molecule has 27 heavy (non-hydrogen) atoms. The van der Waals surface area contributed by atoms with Crippen LogP contribution in [0.15, 0.2) is 60.7 Å². The number of amides is 1. The number of carbonyl (C=O) groups is 1. The maximum Gasteiger partial charge on any atom is 0.243 e. The number of rotatable bonds is 7. The fraction of sp³-hybridized carbons (Fsp3) is 0.435. The smallest absolute Gasteiger partial charge is 0.243 e. The Morgan fingerprint density at radius 2 is 1.52 bits per heavy atom. The number of hydrogen-bond donors (Lipinski definition) is 0. The zero-order valence-electron chi connectivity index (χ0n) is 16.4. The monoisotopic (exact) mass is 366 g/mol. The third-order valence-electron chi connectivity index (χ3n) is 5.56. The van der Waals surface area contributed by atoms with E-state index in [0.717, 1.165) is 12.8 Å². The van der Waals surface area contributed by atoms with Crippen LogP contribution in [0.4, 0.5) is 0 Å². The van der Waals surface area contributed by atoms with E-state index in [1.165, 1.54) is 11.1 Å². The van der Waals surface area contributed by atoms with Crippen LogP contribution in [-0.2, 0) is 22.4 Å². The largest absolute Gasteiger partial charge is 0.378 e. The number of likely N-dealkylation sites (N-methyl/N-ethyl adjacent to an activating group) is 1. The molecule has 1 aliphatic rings. The predicted molar refractivity (Wildman–Crippen MR) is 109 cm³/mol. The Hall–Kier alpha value is -2.17. The number of benzene rings is 2.